The van der Waals surface area contributed by atoms with E-state index in [0.717, 1.165) is 31.8 Å². The Hall–Kier alpha value is -1.90. The summed E-state index contributed by atoms with van der Waals surface area (Å²) in [4.78, 5) is 27.7. The van der Waals surface area contributed by atoms with Gasteiger partial charge in [0.15, 0.2) is 0 Å². The number of benzene rings is 1. The van der Waals surface area contributed by atoms with Gasteiger partial charge in [-0.3, -0.25) is 19.8 Å². The number of nitro benzene ring substituents is 1. The predicted molar refractivity (Wildman–Crippen MR) is 114 cm³/mol. The van der Waals surface area contributed by atoms with Crippen LogP contribution >= 0.6 is 23.1 Å². The van der Waals surface area contributed by atoms with Crippen molar-refractivity contribution in [1.82, 2.24) is 10.2 Å². The summed E-state index contributed by atoms with van der Waals surface area (Å²) in [6.45, 7) is 4.82. The average Bonchev–Trinajstić information content (AvgIpc) is 3.23. The van der Waals surface area contributed by atoms with Gasteiger partial charge in [0.2, 0.25) is 0 Å². The molecule has 0 saturated carbocycles. The highest BCUT2D eigenvalue weighted by molar-refractivity contribution is 7.98. The van der Waals surface area contributed by atoms with E-state index in [4.69, 9.17) is 0 Å². The maximum Gasteiger partial charge on any atom is 0.283 e. The average molecular weight is 420 g/mol. The molecule has 150 valence electrons. The highest BCUT2D eigenvalue weighted by Gasteiger charge is 2.26. The van der Waals surface area contributed by atoms with E-state index in [1.807, 2.05) is 6.07 Å². The number of carbonyl (C=O) groups excluding carboxylic acids is 1. The van der Waals surface area contributed by atoms with E-state index in [1.54, 1.807) is 29.7 Å². The molecule has 0 bridgehead atoms. The third-order valence-electron chi connectivity index (χ3n) is 5.22. The van der Waals surface area contributed by atoms with E-state index in [-0.39, 0.29) is 17.6 Å². The minimum Gasteiger partial charge on any atom is -0.350 e. The van der Waals surface area contributed by atoms with Crippen LogP contribution < -0.4 is 5.32 Å². The molecule has 6 nitrogen and oxygen atoms in total. The summed E-state index contributed by atoms with van der Waals surface area (Å²) in [6, 6.07) is 8.93. The molecular formula is C20H25N3O3S2. The van der Waals surface area contributed by atoms with Crippen molar-refractivity contribution < 1.29 is 9.72 Å². The van der Waals surface area contributed by atoms with Gasteiger partial charge in [-0.15, -0.1) is 23.1 Å². The zero-order valence-electron chi connectivity index (χ0n) is 16.1. The summed E-state index contributed by atoms with van der Waals surface area (Å²) < 4.78 is 0. The minimum atomic E-state index is -0.439. The number of hydrogen-bond acceptors (Lipinski definition) is 6. The SMILES string of the molecule is CSc1ccc(C(=O)NCC(c2cccs2)N2CCC(C)CC2)cc1[N+](=O)[O-]. The molecule has 0 spiro atoms. The van der Waals surface area contributed by atoms with Crippen molar-refractivity contribution in [2.75, 3.05) is 25.9 Å². The second-order valence-corrected chi connectivity index (χ2v) is 8.93. The molecule has 2 heterocycles. The van der Waals surface area contributed by atoms with E-state index < -0.39 is 4.92 Å². The molecule has 1 aromatic carbocycles. The topological polar surface area (TPSA) is 75.5 Å². The van der Waals surface area contributed by atoms with Crippen molar-refractivity contribution >= 4 is 34.7 Å². The summed E-state index contributed by atoms with van der Waals surface area (Å²) in [6.07, 6.45) is 4.11. The Kier molecular flexibility index (Phi) is 7.09. The maximum absolute atomic E-state index is 12.7. The van der Waals surface area contributed by atoms with Gasteiger partial charge in [-0.05, 0) is 61.7 Å². The first-order chi connectivity index (χ1) is 13.5. The van der Waals surface area contributed by atoms with Crippen LogP contribution in [0.3, 0.4) is 0 Å². The molecule has 2 aromatic rings. The van der Waals surface area contributed by atoms with Crippen LogP contribution in [0.15, 0.2) is 40.6 Å². The Balaban J connectivity index is 1.72. The van der Waals surface area contributed by atoms with Crippen LogP contribution in [0.5, 0.6) is 0 Å². The summed E-state index contributed by atoms with van der Waals surface area (Å²) in [5.74, 6) is 0.466. The highest BCUT2D eigenvalue weighted by atomic mass is 32.2. The standard InChI is InChI=1S/C20H25N3O3S2/c1-14-7-9-22(10-8-14)17(19-4-3-11-28-19)13-21-20(24)15-5-6-18(27-2)16(12-15)23(25)26/h3-6,11-12,14,17H,7-10,13H2,1-2H3,(H,21,24). The smallest absolute Gasteiger partial charge is 0.283 e. The molecule has 0 aliphatic carbocycles. The van der Waals surface area contributed by atoms with Crippen LogP contribution in [-0.4, -0.2) is 41.6 Å². The number of nitro groups is 1. The van der Waals surface area contributed by atoms with Crippen LogP contribution in [0.4, 0.5) is 5.69 Å². The molecule has 1 aromatic heterocycles. The zero-order chi connectivity index (χ0) is 20.1. The fourth-order valence-electron chi connectivity index (χ4n) is 3.50. The number of carbonyl (C=O) groups is 1. The van der Waals surface area contributed by atoms with E-state index in [1.165, 1.54) is 22.7 Å². The molecular weight excluding hydrogens is 394 g/mol. The third kappa shape index (κ3) is 4.92. The maximum atomic E-state index is 12.7. The molecule has 1 fully saturated rings. The number of hydrogen-bond donors (Lipinski definition) is 1. The number of thioether (sulfide) groups is 1. The lowest BCUT2D eigenvalue weighted by Crippen LogP contribution is -2.41. The van der Waals surface area contributed by atoms with Gasteiger partial charge in [-0.1, -0.05) is 13.0 Å². The first-order valence-corrected chi connectivity index (χ1v) is 11.5. The second-order valence-electron chi connectivity index (χ2n) is 7.10. The van der Waals surface area contributed by atoms with Crippen LogP contribution in [0, 0.1) is 16.0 Å². The molecule has 1 aliphatic heterocycles. The fourth-order valence-corrected chi connectivity index (χ4v) is 4.90. The number of thiophene rings is 1. The van der Waals surface area contributed by atoms with E-state index in [0.29, 0.717) is 17.0 Å². The van der Waals surface area contributed by atoms with Gasteiger partial charge in [0.25, 0.3) is 11.6 Å². The van der Waals surface area contributed by atoms with Gasteiger partial charge in [0.1, 0.15) is 0 Å². The van der Waals surface area contributed by atoms with Gasteiger partial charge >= 0.3 is 0 Å². The lowest BCUT2D eigenvalue weighted by molar-refractivity contribution is -0.387. The van der Waals surface area contributed by atoms with Crippen molar-refractivity contribution in [1.29, 1.82) is 0 Å². The quantitative estimate of drug-likeness (QED) is 0.404. The number of nitrogens with one attached hydrogen (secondary N) is 1. The van der Waals surface area contributed by atoms with E-state index >= 15 is 0 Å². The summed E-state index contributed by atoms with van der Waals surface area (Å²) in [5.41, 5.74) is 0.293. The largest absolute Gasteiger partial charge is 0.350 e. The third-order valence-corrected chi connectivity index (χ3v) is 6.98. The molecule has 1 atom stereocenters. The molecule has 28 heavy (non-hydrogen) atoms. The monoisotopic (exact) mass is 419 g/mol. The summed E-state index contributed by atoms with van der Waals surface area (Å²) in [5, 5.41) is 16.3. The predicted octanol–water partition coefficient (Wildman–Crippen LogP) is 4.58. The van der Waals surface area contributed by atoms with Crippen molar-refractivity contribution in [2.45, 2.75) is 30.7 Å². The fraction of sp³-hybridized carbons (Fsp3) is 0.450. The first-order valence-electron chi connectivity index (χ1n) is 9.37. The van der Waals surface area contributed by atoms with Crippen molar-refractivity contribution in [3.8, 4) is 0 Å². The van der Waals surface area contributed by atoms with Gasteiger partial charge in [-0.25, -0.2) is 0 Å². The molecule has 1 saturated heterocycles. The molecule has 1 aliphatic rings. The molecule has 1 unspecified atom stereocenters. The van der Waals surface area contributed by atoms with E-state index in [2.05, 4.69) is 28.6 Å². The number of amides is 1. The summed E-state index contributed by atoms with van der Waals surface area (Å²) >= 11 is 3.00. The van der Waals surface area contributed by atoms with Gasteiger partial charge < -0.3 is 5.32 Å². The minimum absolute atomic E-state index is 0.0278. The Morgan fingerprint density at radius 2 is 2.14 bits per heavy atom. The van der Waals surface area contributed by atoms with E-state index in [9.17, 15) is 14.9 Å². The lowest BCUT2D eigenvalue weighted by Gasteiger charge is -2.36. The van der Waals surface area contributed by atoms with Crippen LogP contribution in [0.25, 0.3) is 0 Å². The normalized spacial score (nSPS) is 16.6. The molecule has 8 heteroatoms. The molecule has 3 rings (SSSR count). The number of piperidine rings is 1. The van der Waals surface area contributed by atoms with Crippen LogP contribution in [-0.2, 0) is 0 Å². The number of rotatable bonds is 7. The van der Waals surface area contributed by atoms with Crippen molar-refractivity contribution in [2.24, 2.45) is 5.92 Å². The first kappa shape index (κ1) is 20.8. The Bertz CT molecular complexity index is 818. The van der Waals surface area contributed by atoms with Crippen LogP contribution in [0.2, 0.25) is 0 Å². The molecule has 0 radical (unpaired) electrons. The Morgan fingerprint density at radius 1 is 1.39 bits per heavy atom. The van der Waals surface area contributed by atoms with Gasteiger partial charge in [0, 0.05) is 23.1 Å². The lowest BCUT2D eigenvalue weighted by atomic mass is 9.97. The zero-order valence-corrected chi connectivity index (χ0v) is 17.7. The highest BCUT2D eigenvalue weighted by Crippen LogP contribution is 2.30. The number of nitrogens with zero attached hydrogens (tertiary/aromatic N) is 2. The van der Waals surface area contributed by atoms with Gasteiger partial charge in [-0.2, -0.15) is 0 Å². The van der Waals surface area contributed by atoms with Gasteiger partial charge in [0.05, 0.1) is 15.9 Å². The molecule has 1 amide bonds. The number of likely N-dealkylation sites (tertiary alicyclic amines) is 1. The Labute approximate surface area is 173 Å². The second kappa shape index (κ2) is 9.54. The van der Waals surface area contributed by atoms with Crippen molar-refractivity contribution in [3.05, 3.63) is 56.3 Å². The van der Waals surface area contributed by atoms with Crippen LogP contribution in [0.1, 0.15) is 41.0 Å². The molecule has 1 N–H and O–H groups in total. The summed E-state index contributed by atoms with van der Waals surface area (Å²) in [7, 11) is 0. The van der Waals surface area contributed by atoms with Crippen molar-refractivity contribution in [3.63, 3.8) is 0 Å². The Morgan fingerprint density at radius 3 is 2.75 bits per heavy atom.